The highest BCUT2D eigenvalue weighted by atomic mass is 16.7. The zero-order valence-corrected chi connectivity index (χ0v) is 8.52. The van der Waals surface area contributed by atoms with E-state index >= 15 is 0 Å². The molecule has 0 saturated carbocycles. The van der Waals surface area contributed by atoms with Gasteiger partial charge in [0.15, 0.2) is 0 Å². The Labute approximate surface area is 75.6 Å². The monoisotopic (exact) mass is 174 g/mol. The second-order valence-electron chi connectivity index (χ2n) is 3.96. The Balaban J connectivity index is 3.01. The van der Waals surface area contributed by atoms with Gasteiger partial charge in [0.2, 0.25) is 0 Å². The first-order valence-corrected chi connectivity index (χ1v) is 4.67. The molecule has 0 radical (unpaired) electrons. The molecule has 0 aliphatic heterocycles. The molecule has 0 saturated heterocycles. The fraction of sp³-hybridized carbons (Fsp3) is 1.00. The largest absolute Gasteiger partial charge is 0.330 e. The molecule has 12 heavy (non-hydrogen) atoms. The van der Waals surface area contributed by atoms with Crippen molar-refractivity contribution >= 4 is 0 Å². The summed E-state index contributed by atoms with van der Waals surface area (Å²) < 4.78 is 0. The number of unbranched alkanes of at least 4 members (excludes halogenated alkanes) is 2. The number of rotatable bonds is 6. The molecule has 0 aliphatic rings. The molecule has 0 amide bonds. The van der Waals surface area contributed by atoms with Crippen molar-refractivity contribution in [2.24, 2.45) is 5.73 Å². The summed E-state index contributed by atoms with van der Waals surface area (Å²) >= 11 is 0. The molecule has 0 aromatic carbocycles. The summed E-state index contributed by atoms with van der Waals surface area (Å²) in [6.07, 6.45) is 3.42. The Morgan fingerprint density at radius 2 is 1.83 bits per heavy atom. The third-order valence-electron chi connectivity index (χ3n) is 1.36. The van der Waals surface area contributed by atoms with Crippen molar-refractivity contribution in [1.82, 2.24) is 5.48 Å². The molecule has 0 aliphatic carbocycles. The van der Waals surface area contributed by atoms with Crippen LogP contribution >= 0.6 is 0 Å². The zero-order chi connectivity index (χ0) is 9.45. The van der Waals surface area contributed by atoms with Gasteiger partial charge in [-0.25, -0.2) is 5.48 Å². The molecule has 0 spiro atoms. The molecular formula is C9H22N2O. The zero-order valence-electron chi connectivity index (χ0n) is 8.52. The first kappa shape index (κ1) is 11.9. The van der Waals surface area contributed by atoms with E-state index in [0.29, 0.717) is 0 Å². The summed E-state index contributed by atoms with van der Waals surface area (Å²) in [5, 5.41) is 0. The Morgan fingerprint density at radius 3 is 2.33 bits per heavy atom. The van der Waals surface area contributed by atoms with E-state index in [4.69, 9.17) is 10.6 Å². The van der Waals surface area contributed by atoms with Gasteiger partial charge in [0, 0.05) is 6.54 Å². The third-order valence-corrected chi connectivity index (χ3v) is 1.36. The highest BCUT2D eigenvalue weighted by molar-refractivity contribution is 4.56. The molecule has 0 rings (SSSR count). The van der Waals surface area contributed by atoms with Crippen molar-refractivity contribution in [2.45, 2.75) is 45.6 Å². The van der Waals surface area contributed by atoms with E-state index in [1.54, 1.807) is 0 Å². The van der Waals surface area contributed by atoms with Crippen LogP contribution in [-0.2, 0) is 4.84 Å². The van der Waals surface area contributed by atoms with Crippen molar-refractivity contribution < 1.29 is 4.84 Å². The van der Waals surface area contributed by atoms with Gasteiger partial charge in [0.05, 0.1) is 5.60 Å². The predicted molar refractivity (Wildman–Crippen MR) is 51.7 cm³/mol. The Kier molecular flexibility index (Phi) is 6.34. The maximum absolute atomic E-state index is 5.36. The summed E-state index contributed by atoms with van der Waals surface area (Å²) in [4.78, 5) is 5.33. The fourth-order valence-electron chi connectivity index (χ4n) is 0.786. The third kappa shape index (κ3) is 9.88. The predicted octanol–water partition coefficient (Wildman–Crippen LogP) is 1.44. The van der Waals surface area contributed by atoms with E-state index in [-0.39, 0.29) is 5.60 Å². The van der Waals surface area contributed by atoms with Crippen molar-refractivity contribution in [3.63, 3.8) is 0 Å². The molecule has 0 fully saturated rings. The van der Waals surface area contributed by atoms with Gasteiger partial charge in [0.1, 0.15) is 0 Å². The van der Waals surface area contributed by atoms with Crippen molar-refractivity contribution in [3.05, 3.63) is 0 Å². The molecule has 0 heterocycles. The fourth-order valence-corrected chi connectivity index (χ4v) is 0.786. The summed E-state index contributed by atoms with van der Waals surface area (Å²) in [6.45, 7) is 7.79. The maximum atomic E-state index is 5.36. The lowest BCUT2D eigenvalue weighted by molar-refractivity contribution is -0.0726. The van der Waals surface area contributed by atoms with Crippen molar-refractivity contribution in [3.8, 4) is 0 Å². The number of nitrogens with two attached hydrogens (primary N) is 1. The molecule has 0 bridgehead atoms. The first-order valence-electron chi connectivity index (χ1n) is 4.67. The van der Waals surface area contributed by atoms with Crippen molar-refractivity contribution in [2.75, 3.05) is 13.1 Å². The standard InChI is InChI=1S/C9H22N2O/c1-9(2,3)12-11-8-6-4-5-7-10/h11H,4-8,10H2,1-3H3. The van der Waals surface area contributed by atoms with Crippen LogP contribution in [0.4, 0.5) is 0 Å². The second-order valence-corrected chi connectivity index (χ2v) is 3.96. The van der Waals surface area contributed by atoms with Gasteiger partial charge >= 0.3 is 0 Å². The van der Waals surface area contributed by atoms with E-state index < -0.39 is 0 Å². The average Bonchev–Trinajstić information content (AvgIpc) is 1.94. The van der Waals surface area contributed by atoms with E-state index in [2.05, 4.69) is 5.48 Å². The van der Waals surface area contributed by atoms with Crippen LogP contribution in [0.25, 0.3) is 0 Å². The SMILES string of the molecule is CC(C)(C)ONCCCCCN. The Morgan fingerprint density at radius 1 is 1.17 bits per heavy atom. The van der Waals surface area contributed by atoms with E-state index in [9.17, 15) is 0 Å². The lowest BCUT2D eigenvalue weighted by Crippen LogP contribution is -2.29. The number of hydrogen-bond donors (Lipinski definition) is 2. The summed E-state index contributed by atoms with van der Waals surface area (Å²) in [6, 6.07) is 0. The Bertz CT molecular complexity index is 99.2. The lowest BCUT2D eigenvalue weighted by atomic mass is 10.2. The van der Waals surface area contributed by atoms with Gasteiger partial charge in [-0.15, -0.1) is 0 Å². The normalized spacial score (nSPS) is 12.0. The Hall–Kier alpha value is -0.120. The second kappa shape index (κ2) is 6.40. The number of nitrogens with one attached hydrogen (secondary N) is 1. The number of hydroxylamine groups is 1. The molecule has 0 aromatic rings. The van der Waals surface area contributed by atoms with Gasteiger partial charge < -0.3 is 5.73 Å². The topological polar surface area (TPSA) is 47.3 Å². The van der Waals surface area contributed by atoms with Gasteiger partial charge in [0.25, 0.3) is 0 Å². The van der Waals surface area contributed by atoms with Crippen LogP contribution in [-0.4, -0.2) is 18.7 Å². The van der Waals surface area contributed by atoms with E-state index in [0.717, 1.165) is 25.9 Å². The molecular weight excluding hydrogens is 152 g/mol. The summed E-state index contributed by atoms with van der Waals surface area (Å²) in [5.74, 6) is 0. The minimum Gasteiger partial charge on any atom is -0.330 e. The quantitative estimate of drug-likeness (QED) is 0.473. The summed E-state index contributed by atoms with van der Waals surface area (Å²) in [5.41, 5.74) is 8.21. The lowest BCUT2D eigenvalue weighted by Gasteiger charge is -2.19. The van der Waals surface area contributed by atoms with Crippen LogP contribution in [0, 0.1) is 0 Å². The number of hydrogen-bond acceptors (Lipinski definition) is 3. The van der Waals surface area contributed by atoms with Gasteiger partial charge in [-0.3, -0.25) is 4.84 Å². The highest BCUT2D eigenvalue weighted by Gasteiger charge is 2.08. The van der Waals surface area contributed by atoms with Crippen LogP contribution in [0.5, 0.6) is 0 Å². The molecule has 0 aromatic heterocycles. The van der Waals surface area contributed by atoms with Crippen LogP contribution in [0.15, 0.2) is 0 Å². The van der Waals surface area contributed by atoms with Crippen molar-refractivity contribution in [1.29, 1.82) is 0 Å². The van der Waals surface area contributed by atoms with Gasteiger partial charge in [-0.05, 0) is 40.2 Å². The smallest absolute Gasteiger partial charge is 0.0812 e. The molecule has 0 atom stereocenters. The van der Waals surface area contributed by atoms with Crippen LogP contribution < -0.4 is 11.2 Å². The molecule has 3 heteroatoms. The minimum absolute atomic E-state index is 0.0894. The molecule has 3 N–H and O–H groups in total. The highest BCUT2D eigenvalue weighted by Crippen LogP contribution is 2.03. The first-order chi connectivity index (χ1) is 5.56. The van der Waals surface area contributed by atoms with Gasteiger partial charge in [-0.1, -0.05) is 6.42 Å². The van der Waals surface area contributed by atoms with Gasteiger partial charge in [-0.2, -0.15) is 0 Å². The van der Waals surface area contributed by atoms with Crippen LogP contribution in [0.3, 0.4) is 0 Å². The minimum atomic E-state index is -0.0894. The van der Waals surface area contributed by atoms with Crippen LogP contribution in [0.1, 0.15) is 40.0 Å². The van der Waals surface area contributed by atoms with E-state index in [1.165, 1.54) is 6.42 Å². The molecule has 3 nitrogen and oxygen atoms in total. The van der Waals surface area contributed by atoms with E-state index in [1.807, 2.05) is 20.8 Å². The average molecular weight is 174 g/mol. The molecule has 74 valence electrons. The molecule has 0 unspecified atom stereocenters. The summed E-state index contributed by atoms with van der Waals surface area (Å²) in [7, 11) is 0. The van der Waals surface area contributed by atoms with Crippen LogP contribution in [0.2, 0.25) is 0 Å². The maximum Gasteiger partial charge on any atom is 0.0812 e.